The van der Waals surface area contributed by atoms with Crippen LogP contribution in [0, 0.1) is 6.92 Å². The van der Waals surface area contributed by atoms with Gasteiger partial charge in [-0.15, -0.1) is 21.5 Å². The molecule has 0 spiro atoms. The molecular formula is C16H17N3O3S. The molecule has 3 aromatic rings. The SMILES string of the molecule is CCCN(Cc1nnc(-c2ccco2)o1)C(=O)c1sccc1C. The van der Waals surface area contributed by atoms with Crippen LogP contribution < -0.4 is 0 Å². The molecule has 0 saturated heterocycles. The summed E-state index contributed by atoms with van der Waals surface area (Å²) in [5.41, 5.74) is 0.989. The molecule has 0 aromatic carbocycles. The van der Waals surface area contributed by atoms with Gasteiger partial charge in [-0.2, -0.15) is 0 Å². The van der Waals surface area contributed by atoms with Crippen molar-refractivity contribution in [3.63, 3.8) is 0 Å². The van der Waals surface area contributed by atoms with Crippen molar-refractivity contribution < 1.29 is 13.6 Å². The minimum atomic E-state index is -0.00269. The average molecular weight is 331 g/mol. The maximum absolute atomic E-state index is 12.7. The molecule has 7 heteroatoms. The molecule has 0 unspecified atom stereocenters. The fourth-order valence-corrected chi connectivity index (χ4v) is 3.13. The Morgan fingerprint density at radius 3 is 2.87 bits per heavy atom. The van der Waals surface area contributed by atoms with E-state index in [4.69, 9.17) is 8.83 Å². The van der Waals surface area contributed by atoms with Crippen LogP contribution in [-0.2, 0) is 6.54 Å². The summed E-state index contributed by atoms with van der Waals surface area (Å²) in [6.07, 6.45) is 2.40. The Labute approximate surface area is 137 Å². The van der Waals surface area contributed by atoms with Gasteiger partial charge in [0.2, 0.25) is 5.89 Å². The second kappa shape index (κ2) is 6.78. The van der Waals surface area contributed by atoms with Crippen LogP contribution >= 0.6 is 11.3 Å². The average Bonchev–Trinajstić information content (AvgIpc) is 3.27. The van der Waals surface area contributed by atoms with E-state index in [0.717, 1.165) is 16.9 Å². The molecule has 3 aromatic heterocycles. The number of furan rings is 1. The van der Waals surface area contributed by atoms with Gasteiger partial charge in [-0.25, -0.2) is 0 Å². The molecule has 0 aliphatic heterocycles. The Balaban J connectivity index is 1.77. The first kappa shape index (κ1) is 15.5. The van der Waals surface area contributed by atoms with Gasteiger partial charge in [-0.1, -0.05) is 6.92 Å². The number of carbonyl (C=O) groups excluding carboxylic acids is 1. The Hall–Kier alpha value is -2.41. The van der Waals surface area contributed by atoms with Crippen molar-refractivity contribution in [3.05, 3.63) is 46.2 Å². The van der Waals surface area contributed by atoms with Crippen LogP contribution in [-0.4, -0.2) is 27.5 Å². The largest absolute Gasteiger partial charge is 0.459 e. The van der Waals surface area contributed by atoms with Crippen molar-refractivity contribution in [2.24, 2.45) is 0 Å². The van der Waals surface area contributed by atoms with E-state index in [-0.39, 0.29) is 12.5 Å². The van der Waals surface area contributed by atoms with E-state index in [1.54, 1.807) is 23.3 Å². The van der Waals surface area contributed by atoms with Crippen LogP contribution in [0.4, 0.5) is 0 Å². The predicted octanol–water partition coefficient (Wildman–Crippen LogP) is 3.75. The van der Waals surface area contributed by atoms with E-state index in [0.29, 0.717) is 24.1 Å². The fraction of sp³-hybridized carbons (Fsp3) is 0.312. The lowest BCUT2D eigenvalue weighted by Gasteiger charge is -2.19. The number of rotatable bonds is 6. The van der Waals surface area contributed by atoms with E-state index in [2.05, 4.69) is 10.2 Å². The van der Waals surface area contributed by atoms with Gasteiger partial charge in [-0.3, -0.25) is 4.79 Å². The quantitative estimate of drug-likeness (QED) is 0.688. The number of hydrogen-bond acceptors (Lipinski definition) is 6. The topological polar surface area (TPSA) is 72.4 Å². The molecule has 3 heterocycles. The molecule has 0 aliphatic rings. The molecule has 0 bridgehead atoms. The molecule has 0 fully saturated rings. The molecule has 1 amide bonds. The van der Waals surface area contributed by atoms with Crippen molar-refractivity contribution in [2.45, 2.75) is 26.8 Å². The maximum Gasteiger partial charge on any atom is 0.283 e. The standard InChI is InChI=1S/C16H17N3O3S/c1-3-7-19(16(20)14-11(2)6-9-23-14)10-13-17-18-15(22-13)12-5-4-8-21-12/h4-6,8-9H,3,7,10H2,1-2H3. The highest BCUT2D eigenvalue weighted by Crippen LogP contribution is 2.21. The number of carbonyl (C=O) groups is 1. The van der Waals surface area contributed by atoms with Gasteiger partial charge >= 0.3 is 0 Å². The van der Waals surface area contributed by atoms with E-state index < -0.39 is 0 Å². The second-order valence-corrected chi connectivity index (χ2v) is 6.05. The van der Waals surface area contributed by atoms with Gasteiger partial charge in [0.05, 0.1) is 17.7 Å². The van der Waals surface area contributed by atoms with Gasteiger partial charge in [0.15, 0.2) is 5.76 Å². The van der Waals surface area contributed by atoms with Crippen molar-refractivity contribution in [2.75, 3.05) is 6.54 Å². The lowest BCUT2D eigenvalue weighted by atomic mass is 10.2. The number of hydrogen-bond donors (Lipinski definition) is 0. The van der Waals surface area contributed by atoms with Crippen LogP contribution in [0.3, 0.4) is 0 Å². The monoisotopic (exact) mass is 331 g/mol. The van der Waals surface area contributed by atoms with Gasteiger partial charge in [0, 0.05) is 6.54 Å². The summed E-state index contributed by atoms with van der Waals surface area (Å²) in [6, 6.07) is 5.46. The highest BCUT2D eigenvalue weighted by Gasteiger charge is 2.21. The van der Waals surface area contributed by atoms with Crippen molar-refractivity contribution in [1.82, 2.24) is 15.1 Å². The third-order valence-corrected chi connectivity index (χ3v) is 4.37. The molecule has 6 nitrogen and oxygen atoms in total. The van der Waals surface area contributed by atoms with Crippen molar-refractivity contribution in [1.29, 1.82) is 0 Å². The third-order valence-electron chi connectivity index (χ3n) is 3.36. The zero-order valence-corrected chi connectivity index (χ0v) is 13.8. The predicted molar refractivity (Wildman–Crippen MR) is 86.1 cm³/mol. The molecule has 23 heavy (non-hydrogen) atoms. The molecule has 0 radical (unpaired) electrons. The Kier molecular flexibility index (Phi) is 4.57. The van der Waals surface area contributed by atoms with Crippen LogP contribution in [0.5, 0.6) is 0 Å². The molecule has 3 rings (SSSR count). The van der Waals surface area contributed by atoms with Crippen LogP contribution in [0.25, 0.3) is 11.7 Å². The van der Waals surface area contributed by atoms with E-state index in [9.17, 15) is 4.79 Å². The Bertz CT molecular complexity index is 776. The summed E-state index contributed by atoms with van der Waals surface area (Å²) in [4.78, 5) is 15.2. The highest BCUT2D eigenvalue weighted by molar-refractivity contribution is 7.12. The number of aromatic nitrogens is 2. The molecular weight excluding hydrogens is 314 g/mol. The molecule has 0 saturated carbocycles. The van der Waals surface area contributed by atoms with Gasteiger partial charge in [0.25, 0.3) is 11.8 Å². The first-order valence-electron chi connectivity index (χ1n) is 7.38. The number of thiophene rings is 1. The van der Waals surface area contributed by atoms with Gasteiger partial charge in [0.1, 0.15) is 0 Å². The summed E-state index contributed by atoms with van der Waals surface area (Å²) < 4.78 is 10.8. The minimum absolute atomic E-state index is 0.00269. The Morgan fingerprint density at radius 1 is 1.35 bits per heavy atom. The highest BCUT2D eigenvalue weighted by atomic mass is 32.1. The summed E-state index contributed by atoms with van der Waals surface area (Å²) in [5, 5.41) is 9.90. The Morgan fingerprint density at radius 2 is 2.22 bits per heavy atom. The summed E-state index contributed by atoms with van der Waals surface area (Å²) >= 11 is 1.45. The lowest BCUT2D eigenvalue weighted by Crippen LogP contribution is -2.31. The van der Waals surface area contributed by atoms with Crippen LogP contribution in [0.15, 0.2) is 38.7 Å². The number of nitrogens with zero attached hydrogens (tertiary/aromatic N) is 3. The normalized spacial score (nSPS) is 10.9. The van der Waals surface area contributed by atoms with Gasteiger partial charge < -0.3 is 13.7 Å². The summed E-state index contributed by atoms with van der Waals surface area (Å²) in [5.74, 6) is 1.23. The summed E-state index contributed by atoms with van der Waals surface area (Å²) in [7, 11) is 0. The zero-order chi connectivity index (χ0) is 16.2. The molecule has 0 N–H and O–H groups in total. The third kappa shape index (κ3) is 3.34. The smallest absolute Gasteiger partial charge is 0.283 e. The summed E-state index contributed by atoms with van der Waals surface area (Å²) in [6.45, 7) is 4.89. The van der Waals surface area contributed by atoms with E-state index >= 15 is 0 Å². The van der Waals surface area contributed by atoms with E-state index in [1.165, 1.54) is 11.3 Å². The van der Waals surface area contributed by atoms with Crippen molar-refractivity contribution >= 4 is 17.2 Å². The zero-order valence-electron chi connectivity index (χ0n) is 13.0. The molecule has 120 valence electrons. The molecule has 0 atom stereocenters. The molecule has 0 aliphatic carbocycles. The van der Waals surface area contributed by atoms with Crippen LogP contribution in [0.1, 0.15) is 34.5 Å². The minimum Gasteiger partial charge on any atom is -0.459 e. The lowest BCUT2D eigenvalue weighted by molar-refractivity contribution is 0.0733. The number of aryl methyl sites for hydroxylation is 1. The van der Waals surface area contributed by atoms with Gasteiger partial charge in [-0.05, 0) is 42.5 Å². The second-order valence-electron chi connectivity index (χ2n) is 5.14. The first-order valence-corrected chi connectivity index (χ1v) is 8.26. The fourth-order valence-electron chi connectivity index (χ4n) is 2.24. The van der Waals surface area contributed by atoms with Crippen molar-refractivity contribution in [3.8, 4) is 11.7 Å². The first-order chi connectivity index (χ1) is 11.2. The van der Waals surface area contributed by atoms with E-state index in [1.807, 2.05) is 25.3 Å². The number of amides is 1. The maximum atomic E-state index is 12.7. The van der Waals surface area contributed by atoms with Crippen LogP contribution in [0.2, 0.25) is 0 Å².